The van der Waals surface area contributed by atoms with Crippen molar-refractivity contribution >= 4 is 5.97 Å². The SMILES string of the molecule is COC(=O)[C@]1(c2ccccc2)C[C@@H]1c1ccccc1. The minimum absolute atomic E-state index is 0.132. The minimum atomic E-state index is -0.489. The minimum Gasteiger partial charge on any atom is -0.468 e. The Labute approximate surface area is 113 Å². The van der Waals surface area contributed by atoms with Crippen molar-refractivity contribution in [2.75, 3.05) is 7.11 Å². The number of hydrogen-bond acceptors (Lipinski definition) is 2. The van der Waals surface area contributed by atoms with Gasteiger partial charge in [-0.1, -0.05) is 60.7 Å². The van der Waals surface area contributed by atoms with E-state index in [-0.39, 0.29) is 11.9 Å². The Kier molecular flexibility index (Phi) is 2.86. The van der Waals surface area contributed by atoms with E-state index in [1.54, 1.807) is 0 Å². The first-order valence-corrected chi connectivity index (χ1v) is 6.48. The first-order valence-electron chi connectivity index (χ1n) is 6.48. The molecule has 1 aliphatic carbocycles. The van der Waals surface area contributed by atoms with Crippen LogP contribution in [-0.2, 0) is 14.9 Å². The van der Waals surface area contributed by atoms with Gasteiger partial charge in [0.25, 0.3) is 0 Å². The number of esters is 1. The van der Waals surface area contributed by atoms with Gasteiger partial charge in [0.2, 0.25) is 0 Å². The topological polar surface area (TPSA) is 26.3 Å². The number of methoxy groups -OCH3 is 1. The molecule has 1 aliphatic rings. The van der Waals surface area contributed by atoms with Gasteiger partial charge in [-0.05, 0) is 17.5 Å². The maximum atomic E-state index is 12.3. The van der Waals surface area contributed by atoms with Gasteiger partial charge in [0.1, 0.15) is 5.41 Å². The molecule has 0 heterocycles. The van der Waals surface area contributed by atoms with E-state index in [1.807, 2.05) is 48.5 Å². The van der Waals surface area contributed by atoms with Crippen LogP contribution in [0.15, 0.2) is 60.7 Å². The summed E-state index contributed by atoms with van der Waals surface area (Å²) in [6, 6.07) is 20.1. The molecule has 2 aromatic rings. The molecule has 0 spiro atoms. The Bertz CT molecular complexity index is 577. The second kappa shape index (κ2) is 4.54. The normalized spacial score (nSPS) is 24.8. The van der Waals surface area contributed by atoms with Gasteiger partial charge >= 0.3 is 5.97 Å². The maximum absolute atomic E-state index is 12.3. The second-order valence-electron chi connectivity index (χ2n) is 5.00. The van der Waals surface area contributed by atoms with Gasteiger partial charge in [-0.3, -0.25) is 4.79 Å². The van der Waals surface area contributed by atoms with Crippen molar-refractivity contribution in [2.24, 2.45) is 0 Å². The van der Waals surface area contributed by atoms with E-state index in [2.05, 4.69) is 12.1 Å². The van der Waals surface area contributed by atoms with Crippen LogP contribution in [-0.4, -0.2) is 13.1 Å². The highest BCUT2D eigenvalue weighted by molar-refractivity contribution is 5.89. The molecule has 0 aliphatic heterocycles. The average Bonchev–Trinajstić information content (AvgIpc) is 3.25. The predicted molar refractivity (Wildman–Crippen MR) is 73.9 cm³/mol. The zero-order valence-electron chi connectivity index (χ0n) is 10.9. The fourth-order valence-corrected chi connectivity index (χ4v) is 2.93. The molecule has 0 N–H and O–H groups in total. The summed E-state index contributed by atoms with van der Waals surface area (Å²) in [5.41, 5.74) is 1.77. The van der Waals surface area contributed by atoms with E-state index in [4.69, 9.17) is 4.74 Å². The molecule has 0 aromatic heterocycles. The lowest BCUT2D eigenvalue weighted by Crippen LogP contribution is -2.24. The summed E-state index contributed by atoms with van der Waals surface area (Å²) in [6.07, 6.45) is 0.827. The lowest BCUT2D eigenvalue weighted by molar-refractivity contribution is -0.143. The summed E-state index contributed by atoms with van der Waals surface area (Å²) in [5, 5.41) is 0. The van der Waals surface area contributed by atoms with E-state index >= 15 is 0 Å². The van der Waals surface area contributed by atoms with Gasteiger partial charge in [0.05, 0.1) is 7.11 Å². The molecular weight excluding hydrogens is 236 g/mol. The molecule has 1 fully saturated rings. The van der Waals surface area contributed by atoms with Crippen LogP contribution in [0.2, 0.25) is 0 Å². The molecule has 2 aromatic carbocycles. The highest BCUT2D eigenvalue weighted by atomic mass is 16.5. The van der Waals surface area contributed by atoms with E-state index in [0.29, 0.717) is 0 Å². The van der Waals surface area contributed by atoms with Gasteiger partial charge in [-0.2, -0.15) is 0 Å². The number of rotatable bonds is 3. The van der Waals surface area contributed by atoms with Gasteiger partial charge in [0.15, 0.2) is 0 Å². The third kappa shape index (κ3) is 1.84. The largest absolute Gasteiger partial charge is 0.468 e. The van der Waals surface area contributed by atoms with Crippen LogP contribution in [0.25, 0.3) is 0 Å². The monoisotopic (exact) mass is 252 g/mol. The summed E-state index contributed by atoms with van der Waals surface area (Å²) in [5.74, 6) is 0.0936. The fraction of sp³-hybridized carbons (Fsp3) is 0.235. The summed E-state index contributed by atoms with van der Waals surface area (Å²) in [7, 11) is 1.47. The Morgan fingerprint density at radius 3 is 2.21 bits per heavy atom. The van der Waals surface area contributed by atoms with Crippen molar-refractivity contribution < 1.29 is 9.53 Å². The summed E-state index contributed by atoms with van der Waals surface area (Å²) >= 11 is 0. The Balaban J connectivity index is 2.01. The summed E-state index contributed by atoms with van der Waals surface area (Å²) < 4.78 is 5.04. The van der Waals surface area contributed by atoms with E-state index in [0.717, 1.165) is 12.0 Å². The van der Waals surface area contributed by atoms with Crippen molar-refractivity contribution in [3.05, 3.63) is 71.8 Å². The zero-order valence-corrected chi connectivity index (χ0v) is 10.9. The summed E-state index contributed by atoms with van der Waals surface area (Å²) in [6.45, 7) is 0. The van der Waals surface area contributed by atoms with Gasteiger partial charge in [0, 0.05) is 5.92 Å². The van der Waals surface area contributed by atoms with Crippen molar-refractivity contribution in [1.29, 1.82) is 0 Å². The number of ether oxygens (including phenoxy) is 1. The molecule has 0 saturated heterocycles. The van der Waals surface area contributed by atoms with Crippen molar-refractivity contribution in [3.63, 3.8) is 0 Å². The Hall–Kier alpha value is -2.09. The molecule has 96 valence electrons. The molecule has 1 saturated carbocycles. The molecule has 2 atom stereocenters. The lowest BCUT2D eigenvalue weighted by atomic mass is 9.91. The Morgan fingerprint density at radius 2 is 1.63 bits per heavy atom. The molecule has 0 radical (unpaired) electrons. The smallest absolute Gasteiger partial charge is 0.316 e. The first-order chi connectivity index (χ1) is 9.29. The maximum Gasteiger partial charge on any atom is 0.316 e. The number of hydrogen-bond donors (Lipinski definition) is 0. The quantitative estimate of drug-likeness (QED) is 0.784. The average molecular weight is 252 g/mol. The van der Waals surface area contributed by atoms with Crippen LogP contribution >= 0.6 is 0 Å². The second-order valence-corrected chi connectivity index (χ2v) is 5.00. The number of carbonyl (C=O) groups excluding carboxylic acids is 1. The zero-order chi connectivity index (χ0) is 13.3. The fourth-order valence-electron chi connectivity index (χ4n) is 2.93. The molecule has 2 heteroatoms. The standard InChI is InChI=1S/C17H16O2/c1-19-16(18)17(14-10-6-3-7-11-14)12-15(17)13-8-4-2-5-9-13/h2-11,15H,12H2,1H3/t15-,17+/m1/s1. The molecular formula is C17H16O2. The molecule has 3 rings (SSSR count). The van der Waals surface area contributed by atoms with Crippen LogP contribution in [0.1, 0.15) is 23.5 Å². The molecule has 0 bridgehead atoms. The first kappa shape index (κ1) is 12.0. The molecule has 0 amide bonds. The van der Waals surface area contributed by atoms with Crippen LogP contribution < -0.4 is 0 Å². The van der Waals surface area contributed by atoms with E-state index in [9.17, 15) is 4.79 Å². The highest BCUT2D eigenvalue weighted by Gasteiger charge is 2.62. The third-order valence-electron chi connectivity index (χ3n) is 4.00. The third-order valence-corrected chi connectivity index (χ3v) is 4.00. The van der Waals surface area contributed by atoms with Crippen molar-refractivity contribution in [3.8, 4) is 0 Å². The predicted octanol–water partition coefficient (Wildman–Crippen LogP) is 3.28. The Morgan fingerprint density at radius 1 is 1.05 bits per heavy atom. The summed E-state index contributed by atoms with van der Waals surface area (Å²) in [4.78, 5) is 12.3. The van der Waals surface area contributed by atoms with E-state index < -0.39 is 5.41 Å². The van der Waals surface area contributed by atoms with Crippen LogP contribution in [0.5, 0.6) is 0 Å². The van der Waals surface area contributed by atoms with Crippen LogP contribution in [0, 0.1) is 0 Å². The molecule has 19 heavy (non-hydrogen) atoms. The molecule has 2 nitrogen and oxygen atoms in total. The van der Waals surface area contributed by atoms with Gasteiger partial charge < -0.3 is 4.74 Å². The van der Waals surface area contributed by atoms with Crippen molar-refractivity contribution in [1.82, 2.24) is 0 Å². The van der Waals surface area contributed by atoms with E-state index in [1.165, 1.54) is 12.7 Å². The van der Waals surface area contributed by atoms with Crippen molar-refractivity contribution in [2.45, 2.75) is 17.8 Å². The lowest BCUT2D eigenvalue weighted by Gasteiger charge is -2.15. The highest BCUT2D eigenvalue weighted by Crippen LogP contribution is 2.61. The number of benzene rings is 2. The number of carbonyl (C=O) groups is 1. The van der Waals surface area contributed by atoms with Crippen LogP contribution in [0.4, 0.5) is 0 Å². The van der Waals surface area contributed by atoms with Gasteiger partial charge in [-0.15, -0.1) is 0 Å². The van der Waals surface area contributed by atoms with Gasteiger partial charge in [-0.25, -0.2) is 0 Å². The van der Waals surface area contributed by atoms with Crippen LogP contribution in [0.3, 0.4) is 0 Å². The molecule has 0 unspecified atom stereocenters.